The molecule has 0 amide bonds. The molecular weight excluding hydrogens is 751 g/mol. The largest absolute Gasteiger partial charge is 0.544 e. The third-order valence-electron chi connectivity index (χ3n) is 8.52. The zero-order valence-electron chi connectivity index (χ0n) is 37.3. The van der Waals surface area contributed by atoms with E-state index in [1.165, 1.54) is 0 Å². The molecule has 0 saturated carbocycles. The Kier molecular flexibility index (Phi) is 37.3. The number of nitrogens with zero attached hydrogens (tertiary/aromatic N) is 1. The second kappa shape index (κ2) is 40.7. The highest BCUT2D eigenvalue weighted by atomic mass is 16.6. The number of unbranched alkanes of at least 4 members (excludes halogenated alkanes) is 6. The molecule has 0 spiro atoms. The van der Waals surface area contributed by atoms with Crippen molar-refractivity contribution < 1.29 is 38.2 Å². The standard InChI is InChI=1S/C52H75NO7/c1-6-8-10-12-14-16-18-20-22-24-25-27-28-30-32-34-36-38-40-42-50(54)59-47-48(46-58-45-44-49(52(56)57)53(3,4)5)60-51(55)43-41-39-37-35-33-31-29-26-23-21-19-17-15-13-11-9-7-2/h8-33,48-49H,6-7,34-47H2,1-5H3/b10-8+,11-9+,14-12+,15-13+,18-16+,19-17+,22-20+,23-21+,25-24+,28-27+,29-26+,32-30+,33-31+. The van der Waals surface area contributed by atoms with Crippen LogP contribution in [0.1, 0.15) is 97.3 Å². The van der Waals surface area contributed by atoms with Gasteiger partial charge >= 0.3 is 11.9 Å². The molecule has 2 atom stereocenters. The van der Waals surface area contributed by atoms with Crippen LogP contribution in [0.15, 0.2) is 158 Å². The number of esters is 2. The van der Waals surface area contributed by atoms with E-state index in [4.69, 9.17) is 14.2 Å². The summed E-state index contributed by atoms with van der Waals surface area (Å²) in [6.07, 6.45) is 61.2. The number of carboxylic acids is 1. The number of likely N-dealkylation sites (N-methyl/N-ethyl adjacent to an activating group) is 1. The fourth-order valence-electron chi connectivity index (χ4n) is 5.20. The molecule has 0 aromatic heterocycles. The maximum Gasteiger partial charge on any atom is 0.306 e. The third-order valence-corrected chi connectivity index (χ3v) is 8.52. The number of rotatable bonds is 35. The van der Waals surface area contributed by atoms with E-state index < -0.39 is 18.1 Å². The van der Waals surface area contributed by atoms with Gasteiger partial charge in [0.15, 0.2) is 6.10 Å². The SMILES string of the molecule is CC/C=C/C=C/C=C/C=C/C=C/C=C/C=C/CCCCCC(=O)OCC(COCCC(C(=O)[O-])[N+](C)(C)C)OC(=O)CCCCC/C=C/C=C/C=C/C=C/C=C/C=C/CC. The van der Waals surface area contributed by atoms with Crippen LogP contribution in [-0.4, -0.2) is 75.5 Å². The molecule has 2 unspecified atom stereocenters. The Morgan fingerprint density at radius 3 is 1.27 bits per heavy atom. The zero-order valence-corrected chi connectivity index (χ0v) is 37.3. The molecule has 0 radical (unpaired) electrons. The number of allylic oxidation sites excluding steroid dienone is 26. The van der Waals surface area contributed by atoms with Gasteiger partial charge in [0.2, 0.25) is 0 Å². The molecule has 0 N–H and O–H groups in total. The first kappa shape index (κ1) is 55.0. The molecule has 0 rings (SSSR count). The van der Waals surface area contributed by atoms with Crippen molar-refractivity contribution in [3.8, 4) is 0 Å². The topological polar surface area (TPSA) is 102 Å². The molecule has 0 bridgehead atoms. The van der Waals surface area contributed by atoms with E-state index in [0.29, 0.717) is 12.8 Å². The molecular formula is C52H75NO7. The molecule has 0 saturated heterocycles. The summed E-state index contributed by atoms with van der Waals surface area (Å²) in [4.78, 5) is 36.9. The van der Waals surface area contributed by atoms with Crippen molar-refractivity contribution in [1.82, 2.24) is 0 Å². The number of hydrogen-bond donors (Lipinski definition) is 0. The molecule has 0 heterocycles. The van der Waals surface area contributed by atoms with Gasteiger partial charge in [-0.1, -0.05) is 185 Å². The first-order chi connectivity index (χ1) is 29.1. The summed E-state index contributed by atoms with van der Waals surface area (Å²) >= 11 is 0. The second-order valence-corrected chi connectivity index (χ2v) is 14.8. The fraction of sp³-hybridized carbons (Fsp3) is 0.442. The molecule has 60 heavy (non-hydrogen) atoms. The number of aliphatic carboxylic acids is 1. The molecule has 0 aliphatic heterocycles. The fourth-order valence-corrected chi connectivity index (χ4v) is 5.20. The van der Waals surface area contributed by atoms with Gasteiger partial charge in [0, 0.05) is 19.3 Å². The summed E-state index contributed by atoms with van der Waals surface area (Å²) < 4.78 is 17.1. The summed E-state index contributed by atoms with van der Waals surface area (Å²) in [6, 6.07) is -0.754. The minimum atomic E-state index is -1.15. The van der Waals surface area contributed by atoms with Gasteiger partial charge in [0.1, 0.15) is 12.6 Å². The Balaban J connectivity index is 4.61. The highest BCUT2D eigenvalue weighted by molar-refractivity contribution is 5.70. The average molecular weight is 826 g/mol. The molecule has 0 aliphatic carbocycles. The smallest absolute Gasteiger partial charge is 0.306 e. The Morgan fingerprint density at radius 2 is 0.883 bits per heavy atom. The van der Waals surface area contributed by atoms with Crippen LogP contribution in [-0.2, 0) is 28.6 Å². The van der Waals surface area contributed by atoms with Gasteiger partial charge in [0.05, 0.1) is 40.3 Å². The van der Waals surface area contributed by atoms with E-state index in [2.05, 4.69) is 38.2 Å². The number of carbonyl (C=O) groups excluding carboxylic acids is 3. The summed E-state index contributed by atoms with van der Waals surface area (Å²) in [7, 11) is 5.35. The number of hydrogen-bond acceptors (Lipinski definition) is 7. The van der Waals surface area contributed by atoms with Crippen molar-refractivity contribution in [2.75, 3.05) is 41.0 Å². The second-order valence-electron chi connectivity index (χ2n) is 14.8. The monoisotopic (exact) mass is 826 g/mol. The van der Waals surface area contributed by atoms with E-state index in [0.717, 1.165) is 51.4 Å². The number of carbonyl (C=O) groups is 3. The van der Waals surface area contributed by atoms with E-state index in [1.54, 1.807) is 21.1 Å². The predicted molar refractivity (Wildman–Crippen MR) is 249 cm³/mol. The van der Waals surface area contributed by atoms with Crippen molar-refractivity contribution in [2.24, 2.45) is 0 Å². The van der Waals surface area contributed by atoms with Crippen LogP contribution in [0.4, 0.5) is 0 Å². The quantitative estimate of drug-likeness (QED) is 0.0271. The van der Waals surface area contributed by atoms with Crippen molar-refractivity contribution in [2.45, 2.75) is 109 Å². The van der Waals surface area contributed by atoms with Crippen LogP contribution in [0.3, 0.4) is 0 Å². The third kappa shape index (κ3) is 38.5. The molecule has 8 heteroatoms. The molecule has 0 aliphatic rings. The highest BCUT2D eigenvalue weighted by Crippen LogP contribution is 2.11. The first-order valence-corrected chi connectivity index (χ1v) is 21.7. The van der Waals surface area contributed by atoms with Crippen LogP contribution in [0.25, 0.3) is 0 Å². The van der Waals surface area contributed by atoms with Crippen LogP contribution in [0.2, 0.25) is 0 Å². The van der Waals surface area contributed by atoms with Gasteiger partial charge < -0.3 is 28.6 Å². The molecule has 0 fully saturated rings. The maximum absolute atomic E-state index is 12.7. The van der Waals surface area contributed by atoms with Gasteiger partial charge in [0.25, 0.3) is 0 Å². The lowest BCUT2D eigenvalue weighted by Crippen LogP contribution is -2.55. The minimum Gasteiger partial charge on any atom is -0.544 e. The van der Waals surface area contributed by atoms with Crippen molar-refractivity contribution in [3.05, 3.63) is 158 Å². The van der Waals surface area contributed by atoms with Crippen molar-refractivity contribution >= 4 is 17.9 Å². The highest BCUT2D eigenvalue weighted by Gasteiger charge is 2.25. The first-order valence-electron chi connectivity index (χ1n) is 21.7. The number of ether oxygens (including phenoxy) is 3. The van der Waals surface area contributed by atoms with Gasteiger partial charge in [-0.3, -0.25) is 9.59 Å². The molecule has 8 nitrogen and oxygen atoms in total. The normalized spacial score (nSPS) is 14.5. The van der Waals surface area contributed by atoms with Gasteiger partial charge in [-0.2, -0.15) is 0 Å². The van der Waals surface area contributed by atoms with Crippen LogP contribution < -0.4 is 5.11 Å². The maximum atomic E-state index is 12.7. The summed E-state index contributed by atoms with van der Waals surface area (Å²) in [5.41, 5.74) is 0. The van der Waals surface area contributed by atoms with Crippen LogP contribution in [0.5, 0.6) is 0 Å². The Labute approximate surface area is 363 Å². The van der Waals surface area contributed by atoms with E-state index >= 15 is 0 Å². The minimum absolute atomic E-state index is 0.00668. The zero-order chi connectivity index (χ0) is 44.2. The predicted octanol–water partition coefficient (Wildman–Crippen LogP) is 10.6. The Hall–Kier alpha value is -5.05. The molecule has 330 valence electrons. The molecule has 0 aromatic carbocycles. The average Bonchev–Trinajstić information content (AvgIpc) is 3.21. The Bertz CT molecular complexity index is 1520. The van der Waals surface area contributed by atoms with Crippen molar-refractivity contribution in [3.63, 3.8) is 0 Å². The van der Waals surface area contributed by atoms with E-state index in [9.17, 15) is 19.5 Å². The van der Waals surface area contributed by atoms with Crippen LogP contribution >= 0.6 is 0 Å². The van der Waals surface area contributed by atoms with Gasteiger partial charge in [-0.15, -0.1) is 0 Å². The van der Waals surface area contributed by atoms with Gasteiger partial charge in [-0.25, -0.2) is 0 Å². The Morgan fingerprint density at radius 1 is 0.500 bits per heavy atom. The summed E-state index contributed by atoms with van der Waals surface area (Å²) in [5, 5.41) is 11.6. The number of carboxylic acid groups (broad SMARTS) is 1. The summed E-state index contributed by atoms with van der Waals surface area (Å²) in [6.45, 7) is 4.22. The summed E-state index contributed by atoms with van der Waals surface area (Å²) in [5.74, 6) is -1.88. The lowest BCUT2D eigenvalue weighted by molar-refractivity contribution is -0.889. The van der Waals surface area contributed by atoms with E-state index in [1.807, 2.05) is 134 Å². The number of quaternary nitrogens is 1. The molecule has 0 aromatic rings. The van der Waals surface area contributed by atoms with Crippen LogP contribution in [0, 0.1) is 0 Å². The van der Waals surface area contributed by atoms with Crippen molar-refractivity contribution in [1.29, 1.82) is 0 Å². The lowest BCUT2D eigenvalue weighted by Gasteiger charge is -2.34. The van der Waals surface area contributed by atoms with Gasteiger partial charge in [-0.05, 0) is 51.4 Å². The lowest BCUT2D eigenvalue weighted by atomic mass is 10.1. The van der Waals surface area contributed by atoms with E-state index in [-0.39, 0.29) is 55.5 Å².